The third kappa shape index (κ3) is 1.96. The predicted molar refractivity (Wildman–Crippen MR) is 60.2 cm³/mol. The number of nitrogens with zero attached hydrogens (tertiary/aromatic N) is 4. The lowest BCUT2D eigenvalue weighted by Crippen LogP contribution is -2.29. The van der Waals surface area contributed by atoms with Crippen LogP contribution in [-0.2, 0) is 0 Å². The fraction of sp³-hybridized carbons (Fsp3) is 0.909. The van der Waals surface area contributed by atoms with Gasteiger partial charge in [-0.05, 0) is 37.4 Å². The summed E-state index contributed by atoms with van der Waals surface area (Å²) in [5, 5.41) is 16.4. The average Bonchev–Trinajstić information content (AvgIpc) is 3.01. The molecule has 2 fully saturated rings. The molecule has 1 aliphatic heterocycles. The first kappa shape index (κ1) is 10.2. The Kier molecular flexibility index (Phi) is 2.86. The van der Waals surface area contributed by atoms with Crippen LogP contribution in [0.1, 0.15) is 56.3 Å². The lowest BCUT2D eigenvalue weighted by Gasteiger charge is -2.19. The van der Waals surface area contributed by atoms with Gasteiger partial charge in [-0.2, -0.15) is 4.80 Å². The molecule has 5 nitrogen and oxygen atoms in total. The summed E-state index contributed by atoms with van der Waals surface area (Å²) >= 11 is 0. The molecule has 2 aliphatic rings. The van der Waals surface area contributed by atoms with Crippen LogP contribution in [-0.4, -0.2) is 33.3 Å². The van der Waals surface area contributed by atoms with Gasteiger partial charge in [0.05, 0.1) is 6.04 Å². The van der Waals surface area contributed by atoms with Gasteiger partial charge in [0.1, 0.15) is 0 Å². The van der Waals surface area contributed by atoms with Crippen LogP contribution in [0.25, 0.3) is 0 Å². The summed E-state index contributed by atoms with van der Waals surface area (Å²) in [6.07, 6.45) is 7.49. The molecular weight excluding hydrogens is 202 g/mol. The Morgan fingerprint density at radius 2 is 2.00 bits per heavy atom. The van der Waals surface area contributed by atoms with Crippen LogP contribution < -0.4 is 5.32 Å². The summed E-state index contributed by atoms with van der Waals surface area (Å²) in [4.78, 5) is 1.86. The zero-order valence-electron chi connectivity index (χ0n) is 9.60. The van der Waals surface area contributed by atoms with E-state index in [1.165, 1.54) is 38.5 Å². The van der Waals surface area contributed by atoms with Crippen LogP contribution in [0, 0.1) is 0 Å². The molecule has 2 heterocycles. The molecule has 0 radical (unpaired) electrons. The first-order chi connectivity index (χ1) is 7.93. The second-order valence-electron chi connectivity index (χ2n) is 4.95. The van der Waals surface area contributed by atoms with Crippen LogP contribution in [0.3, 0.4) is 0 Å². The lowest BCUT2D eigenvalue weighted by atomic mass is 9.99. The van der Waals surface area contributed by atoms with Crippen molar-refractivity contribution in [3.63, 3.8) is 0 Å². The molecule has 1 saturated carbocycles. The molecule has 0 spiro atoms. The van der Waals surface area contributed by atoms with Crippen molar-refractivity contribution in [2.24, 2.45) is 0 Å². The van der Waals surface area contributed by atoms with E-state index in [-0.39, 0.29) is 0 Å². The highest BCUT2D eigenvalue weighted by Gasteiger charge is 2.23. The first-order valence-corrected chi connectivity index (χ1v) is 6.43. The molecule has 1 unspecified atom stereocenters. The number of hydrogen-bond acceptors (Lipinski definition) is 4. The summed E-state index contributed by atoms with van der Waals surface area (Å²) < 4.78 is 0. The van der Waals surface area contributed by atoms with E-state index in [2.05, 4.69) is 20.7 Å². The molecule has 1 aromatic rings. The Hall–Kier alpha value is -0.970. The van der Waals surface area contributed by atoms with Gasteiger partial charge >= 0.3 is 0 Å². The van der Waals surface area contributed by atoms with Crippen molar-refractivity contribution in [3.8, 4) is 0 Å². The van der Waals surface area contributed by atoms with Gasteiger partial charge < -0.3 is 5.32 Å². The number of aromatic nitrogens is 4. The van der Waals surface area contributed by atoms with Gasteiger partial charge in [0.15, 0.2) is 5.82 Å². The number of piperidine rings is 1. The largest absolute Gasteiger partial charge is 0.316 e. The summed E-state index contributed by atoms with van der Waals surface area (Å²) in [6.45, 7) is 2.14. The number of rotatable bonds is 2. The maximum atomic E-state index is 4.57. The second-order valence-corrected chi connectivity index (χ2v) is 4.95. The Bertz CT molecular complexity index is 336. The van der Waals surface area contributed by atoms with E-state index in [1.807, 2.05) is 4.80 Å². The van der Waals surface area contributed by atoms with Gasteiger partial charge in [0, 0.05) is 12.5 Å². The minimum Gasteiger partial charge on any atom is -0.316 e. The molecule has 0 bridgehead atoms. The van der Waals surface area contributed by atoms with Gasteiger partial charge in [-0.15, -0.1) is 10.2 Å². The Labute approximate surface area is 95.6 Å². The van der Waals surface area contributed by atoms with E-state index in [9.17, 15) is 0 Å². The maximum absolute atomic E-state index is 4.57. The average molecular weight is 221 g/mol. The summed E-state index contributed by atoms with van der Waals surface area (Å²) in [7, 11) is 0. The van der Waals surface area contributed by atoms with Crippen LogP contribution in [0.4, 0.5) is 0 Å². The van der Waals surface area contributed by atoms with E-state index >= 15 is 0 Å². The van der Waals surface area contributed by atoms with Gasteiger partial charge in [0.25, 0.3) is 0 Å². The number of tetrazole rings is 1. The number of nitrogens with one attached hydrogen (secondary N) is 1. The highest BCUT2D eigenvalue weighted by atomic mass is 15.6. The Balaban J connectivity index is 1.71. The van der Waals surface area contributed by atoms with Crippen molar-refractivity contribution >= 4 is 0 Å². The SMILES string of the molecule is C1CNCC(c2nnn(C3CCCC3)n2)C1. The van der Waals surface area contributed by atoms with E-state index in [0.717, 1.165) is 18.9 Å². The number of hydrogen-bond donors (Lipinski definition) is 1. The highest BCUT2D eigenvalue weighted by Crippen LogP contribution is 2.28. The van der Waals surface area contributed by atoms with Crippen molar-refractivity contribution in [1.29, 1.82) is 0 Å². The van der Waals surface area contributed by atoms with E-state index in [1.54, 1.807) is 0 Å². The molecule has 1 aromatic heterocycles. The molecule has 0 amide bonds. The zero-order chi connectivity index (χ0) is 10.8. The van der Waals surface area contributed by atoms with Crippen LogP contribution in [0.2, 0.25) is 0 Å². The summed E-state index contributed by atoms with van der Waals surface area (Å²) in [5.74, 6) is 1.42. The van der Waals surface area contributed by atoms with Crippen LogP contribution in [0.15, 0.2) is 0 Å². The molecular formula is C11H19N5. The minimum absolute atomic E-state index is 0.476. The molecule has 1 N–H and O–H groups in total. The fourth-order valence-corrected chi connectivity index (χ4v) is 2.76. The van der Waals surface area contributed by atoms with Gasteiger partial charge in [-0.3, -0.25) is 0 Å². The molecule has 16 heavy (non-hydrogen) atoms. The van der Waals surface area contributed by atoms with Crippen molar-refractivity contribution < 1.29 is 0 Å². The van der Waals surface area contributed by atoms with Gasteiger partial charge in [-0.1, -0.05) is 12.8 Å². The molecule has 1 atom stereocenters. The normalized spacial score (nSPS) is 27.4. The predicted octanol–water partition coefficient (Wildman–Crippen LogP) is 1.26. The molecule has 88 valence electrons. The molecule has 1 saturated heterocycles. The third-order valence-electron chi connectivity index (χ3n) is 3.76. The van der Waals surface area contributed by atoms with E-state index in [0.29, 0.717) is 12.0 Å². The van der Waals surface area contributed by atoms with E-state index in [4.69, 9.17) is 0 Å². The van der Waals surface area contributed by atoms with Crippen molar-refractivity contribution in [1.82, 2.24) is 25.5 Å². The fourth-order valence-electron chi connectivity index (χ4n) is 2.76. The van der Waals surface area contributed by atoms with Crippen LogP contribution in [0.5, 0.6) is 0 Å². The van der Waals surface area contributed by atoms with Crippen molar-refractivity contribution in [2.45, 2.75) is 50.5 Å². The summed E-state index contributed by atoms with van der Waals surface area (Å²) in [5.41, 5.74) is 0. The van der Waals surface area contributed by atoms with E-state index < -0.39 is 0 Å². The minimum atomic E-state index is 0.476. The highest BCUT2D eigenvalue weighted by molar-refractivity contribution is 4.95. The standard InChI is InChI=1S/C11H19N5/c1-2-6-10(5-1)16-14-11(13-15-16)9-4-3-7-12-8-9/h9-10,12H,1-8H2. The quantitative estimate of drug-likeness (QED) is 0.816. The monoisotopic (exact) mass is 221 g/mol. The zero-order valence-corrected chi connectivity index (χ0v) is 9.60. The molecule has 5 heteroatoms. The lowest BCUT2D eigenvalue weighted by molar-refractivity contribution is 0.397. The Morgan fingerprint density at radius 3 is 2.75 bits per heavy atom. The third-order valence-corrected chi connectivity index (χ3v) is 3.76. The van der Waals surface area contributed by atoms with Gasteiger partial charge in [0.2, 0.25) is 0 Å². The maximum Gasteiger partial charge on any atom is 0.179 e. The first-order valence-electron chi connectivity index (χ1n) is 6.43. The second kappa shape index (κ2) is 4.49. The molecule has 0 aromatic carbocycles. The molecule has 1 aliphatic carbocycles. The van der Waals surface area contributed by atoms with Crippen LogP contribution >= 0.6 is 0 Å². The summed E-state index contributed by atoms with van der Waals surface area (Å²) in [6, 6.07) is 0.512. The molecule has 3 rings (SSSR count). The Morgan fingerprint density at radius 1 is 1.12 bits per heavy atom. The van der Waals surface area contributed by atoms with Gasteiger partial charge in [-0.25, -0.2) is 0 Å². The van der Waals surface area contributed by atoms with Crippen molar-refractivity contribution in [3.05, 3.63) is 5.82 Å². The smallest absolute Gasteiger partial charge is 0.179 e. The topological polar surface area (TPSA) is 55.6 Å². The van der Waals surface area contributed by atoms with Crippen molar-refractivity contribution in [2.75, 3.05) is 13.1 Å².